The smallest absolute Gasteiger partial charge is 0.341 e. The number of phenols is 1. The molecule has 16 heavy (non-hydrogen) atoms. The van der Waals surface area contributed by atoms with Gasteiger partial charge < -0.3 is 19.7 Å². The van der Waals surface area contributed by atoms with E-state index in [1.54, 1.807) is 6.07 Å². The summed E-state index contributed by atoms with van der Waals surface area (Å²) in [5.41, 5.74) is 0.0945. The van der Waals surface area contributed by atoms with Crippen molar-refractivity contribution in [1.82, 2.24) is 0 Å². The molecule has 0 atom stereocenters. The van der Waals surface area contributed by atoms with E-state index in [-0.39, 0.29) is 17.9 Å². The molecule has 0 aliphatic carbocycles. The van der Waals surface area contributed by atoms with Crippen LogP contribution in [0.5, 0.6) is 11.5 Å². The van der Waals surface area contributed by atoms with E-state index >= 15 is 0 Å². The number of hydrogen-bond donors (Lipinski definition) is 2. The van der Waals surface area contributed by atoms with Crippen LogP contribution in [0.4, 0.5) is 0 Å². The molecular weight excluding hydrogens is 212 g/mol. The Morgan fingerprint density at radius 3 is 2.75 bits per heavy atom. The number of aliphatic hydroxyl groups is 1. The fraction of sp³-hybridized carbons (Fsp3) is 0.364. The van der Waals surface area contributed by atoms with Crippen LogP contribution >= 0.6 is 0 Å². The number of esters is 1. The Hall–Kier alpha value is -1.75. The summed E-state index contributed by atoms with van der Waals surface area (Å²) in [5.74, 6) is -0.341. The van der Waals surface area contributed by atoms with Crippen molar-refractivity contribution in [2.45, 2.75) is 6.42 Å². The van der Waals surface area contributed by atoms with Gasteiger partial charge in [0.15, 0.2) is 0 Å². The summed E-state index contributed by atoms with van der Waals surface area (Å²) in [4.78, 5) is 11.1. The van der Waals surface area contributed by atoms with Crippen LogP contribution in [0.2, 0.25) is 0 Å². The lowest BCUT2D eigenvalue weighted by Crippen LogP contribution is -2.03. The second-order valence-corrected chi connectivity index (χ2v) is 3.10. The SMILES string of the molecule is COC(=O)c1ccc(OCCCO)cc1O. The van der Waals surface area contributed by atoms with Crippen LogP contribution in [0, 0.1) is 0 Å². The van der Waals surface area contributed by atoms with E-state index in [1.165, 1.54) is 19.2 Å². The minimum absolute atomic E-state index is 0.0478. The Balaban J connectivity index is 2.71. The third-order valence-corrected chi connectivity index (χ3v) is 1.95. The molecular formula is C11H14O5. The molecule has 1 aromatic carbocycles. The van der Waals surface area contributed by atoms with E-state index in [4.69, 9.17) is 9.84 Å². The summed E-state index contributed by atoms with van der Waals surface area (Å²) in [6.07, 6.45) is 0.513. The van der Waals surface area contributed by atoms with Crippen molar-refractivity contribution < 1.29 is 24.5 Å². The van der Waals surface area contributed by atoms with E-state index in [1.807, 2.05) is 0 Å². The number of carbonyl (C=O) groups excluding carboxylic acids is 1. The van der Waals surface area contributed by atoms with Gasteiger partial charge in [0.25, 0.3) is 0 Å². The molecule has 2 N–H and O–H groups in total. The zero-order chi connectivity index (χ0) is 12.0. The lowest BCUT2D eigenvalue weighted by atomic mass is 10.2. The fourth-order valence-electron chi connectivity index (χ4n) is 1.14. The highest BCUT2D eigenvalue weighted by atomic mass is 16.5. The average Bonchev–Trinajstić information content (AvgIpc) is 2.29. The van der Waals surface area contributed by atoms with Crippen molar-refractivity contribution in [2.75, 3.05) is 20.3 Å². The summed E-state index contributed by atoms with van der Waals surface area (Å²) < 4.78 is 9.71. The molecule has 0 spiro atoms. The van der Waals surface area contributed by atoms with Gasteiger partial charge in [-0.05, 0) is 12.1 Å². The van der Waals surface area contributed by atoms with Crippen molar-refractivity contribution in [1.29, 1.82) is 0 Å². The van der Waals surface area contributed by atoms with Gasteiger partial charge >= 0.3 is 5.97 Å². The number of methoxy groups -OCH3 is 1. The maximum Gasteiger partial charge on any atom is 0.341 e. The Bertz CT molecular complexity index is 361. The third-order valence-electron chi connectivity index (χ3n) is 1.95. The van der Waals surface area contributed by atoms with Crippen molar-refractivity contribution in [3.8, 4) is 11.5 Å². The second kappa shape index (κ2) is 5.97. The van der Waals surface area contributed by atoms with Crippen molar-refractivity contribution in [3.63, 3.8) is 0 Å². The van der Waals surface area contributed by atoms with Crippen LogP contribution in [0.1, 0.15) is 16.8 Å². The first-order valence-electron chi connectivity index (χ1n) is 4.84. The number of phenolic OH excluding ortho intramolecular Hbond substituents is 1. The zero-order valence-corrected chi connectivity index (χ0v) is 8.97. The van der Waals surface area contributed by atoms with E-state index in [0.29, 0.717) is 18.8 Å². The fourth-order valence-corrected chi connectivity index (χ4v) is 1.14. The van der Waals surface area contributed by atoms with Gasteiger partial charge in [0.1, 0.15) is 17.1 Å². The Labute approximate surface area is 93.2 Å². The van der Waals surface area contributed by atoms with Crippen LogP contribution in [0.15, 0.2) is 18.2 Å². The first kappa shape index (κ1) is 12.3. The first-order chi connectivity index (χ1) is 7.69. The van der Waals surface area contributed by atoms with Gasteiger partial charge in [-0.25, -0.2) is 4.79 Å². The van der Waals surface area contributed by atoms with Crippen molar-refractivity contribution in [3.05, 3.63) is 23.8 Å². The molecule has 1 rings (SSSR count). The normalized spacial score (nSPS) is 9.88. The summed E-state index contributed by atoms with van der Waals surface area (Å²) in [6, 6.07) is 4.32. The van der Waals surface area contributed by atoms with Gasteiger partial charge in [0.05, 0.1) is 13.7 Å². The van der Waals surface area contributed by atoms with Crippen molar-refractivity contribution in [2.24, 2.45) is 0 Å². The molecule has 0 radical (unpaired) electrons. The molecule has 1 aromatic rings. The monoisotopic (exact) mass is 226 g/mol. The number of rotatable bonds is 5. The van der Waals surface area contributed by atoms with E-state index < -0.39 is 5.97 Å². The molecule has 5 nitrogen and oxygen atoms in total. The molecule has 0 aromatic heterocycles. The van der Waals surface area contributed by atoms with Gasteiger partial charge in [-0.3, -0.25) is 0 Å². The van der Waals surface area contributed by atoms with Gasteiger partial charge in [0.2, 0.25) is 0 Å². The maximum absolute atomic E-state index is 11.1. The minimum Gasteiger partial charge on any atom is -0.507 e. The number of aliphatic hydroxyl groups excluding tert-OH is 1. The standard InChI is InChI=1S/C11H14O5/c1-15-11(14)9-4-3-8(7-10(9)13)16-6-2-5-12/h3-4,7,12-13H,2,5-6H2,1H3. The highest BCUT2D eigenvalue weighted by Crippen LogP contribution is 2.24. The van der Waals surface area contributed by atoms with Gasteiger partial charge in [0, 0.05) is 19.1 Å². The number of ether oxygens (including phenoxy) is 2. The number of carbonyl (C=O) groups is 1. The Kier molecular flexibility index (Phi) is 4.60. The molecule has 5 heteroatoms. The molecule has 0 aliphatic heterocycles. The molecule has 0 unspecified atom stereocenters. The van der Waals surface area contributed by atoms with Gasteiger partial charge in [-0.1, -0.05) is 0 Å². The van der Waals surface area contributed by atoms with E-state index in [9.17, 15) is 9.90 Å². The van der Waals surface area contributed by atoms with Crippen LogP contribution in [0.3, 0.4) is 0 Å². The molecule has 88 valence electrons. The summed E-state index contributed by atoms with van der Waals surface area (Å²) >= 11 is 0. The zero-order valence-electron chi connectivity index (χ0n) is 8.97. The molecule has 0 amide bonds. The predicted molar refractivity (Wildman–Crippen MR) is 56.6 cm³/mol. The lowest BCUT2D eigenvalue weighted by Gasteiger charge is -2.07. The van der Waals surface area contributed by atoms with Gasteiger partial charge in [-0.15, -0.1) is 0 Å². The van der Waals surface area contributed by atoms with Crippen LogP contribution in [0.25, 0.3) is 0 Å². The number of hydrogen-bond acceptors (Lipinski definition) is 5. The Morgan fingerprint density at radius 2 is 2.19 bits per heavy atom. The quantitative estimate of drug-likeness (QED) is 0.577. The molecule has 0 fully saturated rings. The molecule has 0 aliphatic rings. The molecule has 0 bridgehead atoms. The van der Waals surface area contributed by atoms with E-state index in [2.05, 4.69) is 4.74 Å². The first-order valence-corrected chi connectivity index (χ1v) is 4.84. The van der Waals surface area contributed by atoms with Crippen LogP contribution < -0.4 is 4.74 Å². The maximum atomic E-state index is 11.1. The van der Waals surface area contributed by atoms with Crippen molar-refractivity contribution >= 4 is 5.97 Å². The van der Waals surface area contributed by atoms with Crippen LogP contribution in [-0.4, -0.2) is 36.5 Å². The largest absolute Gasteiger partial charge is 0.507 e. The minimum atomic E-state index is -0.598. The summed E-state index contributed by atoms with van der Waals surface area (Å²) in [5, 5.41) is 18.1. The van der Waals surface area contributed by atoms with E-state index in [0.717, 1.165) is 0 Å². The highest BCUT2D eigenvalue weighted by Gasteiger charge is 2.11. The molecule has 0 saturated heterocycles. The molecule has 0 saturated carbocycles. The molecule has 0 heterocycles. The second-order valence-electron chi connectivity index (χ2n) is 3.10. The summed E-state index contributed by atoms with van der Waals surface area (Å²) in [7, 11) is 1.24. The Morgan fingerprint density at radius 1 is 1.44 bits per heavy atom. The van der Waals surface area contributed by atoms with Gasteiger partial charge in [-0.2, -0.15) is 0 Å². The topological polar surface area (TPSA) is 76.0 Å². The average molecular weight is 226 g/mol. The predicted octanol–water partition coefficient (Wildman–Crippen LogP) is 0.940. The number of aromatic hydroxyl groups is 1. The third kappa shape index (κ3) is 3.13. The lowest BCUT2D eigenvalue weighted by molar-refractivity contribution is 0.0597. The number of benzene rings is 1. The highest BCUT2D eigenvalue weighted by molar-refractivity contribution is 5.92. The van der Waals surface area contributed by atoms with Crippen LogP contribution in [-0.2, 0) is 4.74 Å². The summed E-state index contributed by atoms with van der Waals surface area (Å²) in [6.45, 7) is 0.403.